The maximum atomic E-state index is 12.9. The van der Waals surface area contributed by atoms with Crippen molar-refractivity contribution in [3.8, 4) is 17.5 Å². The summed E-state index contributed by atoms with van der Waals surface area (Å²) < 4.78 is 66.9. The van der Waals surface area contributed by atoms with Crippen LogP contribution < -0.4 is 5.73 Å². The highest BCUT2D eigenvalue weighted by atomic mass is 79.9. The number of nitriles is 1. The number of ether oxygens (including phenoxy) is 1. The number of rotatable bonds is 3. The Morgan fingerprint density at radius 3 is 2.48 bits per heavy atom. The number of alkyl halides is 3. The van der Waals surface area contributed by atoms with Crippen molar-refractivity contribution >= 4 is 37.4 Å². The number of benzene rings is 1. The highest BCUT2D eigenvalue weighted by molar-refractivity contribution is 9.10. The fourth-order valence-corrected chi connectivity index (χ4v) is 3.55. The largest absolute Gasteiger partial charge is 0.505 e. The van der Waals surface area contributed by atoms with Crippen LogP contribution in [0.3, 0.4) is 0 Å². The third-order valence-electron chi connectivity index (χ3n) is 3.43. The Balaban J connectivity index is 2.90. The van der Waals surface area contributed by atoms with Gasteiger partial charge in [0.1, 0.15) is 6.07 Å². The first-order chi connectivity index (χ1) is 12.4. The molecule has 0 aliphatic carbocycles. The third kappa shape index (κ3) is 3.33. The van der Waals surface area contributed by atoms with E-state index in [2.05, 4.69) is 20.7 Å². The van der Waals surface area contributed by atoms with Crippen LogP contribution in [0.15, 0.2) is 27.7 Å². The predicted octanol–water partition coefficient (Wildman–Crippen LogP) is 2.48. The lowest BCUT2D eigenvalue weighted by atomic mass is 10.2. The highest BCUT2D eigenvalue weighted by Gasteiger charge is 2.47. The second-order valence-corrected chi connectivity index (χ2v) is 7.80. The molecule has 0 spiro atoms. The van der Waals surface area contributed by atoms with Gasteiger partial charge in [0.25, 0.3) is 9.84 Å². The van der Waals surface area contributed by atoms with E-state index >= 15 is 0 Å². The number of phenols is 1. The molecule has 0 amide bonds. The van der Waals surface area contributed by atoms with Crippen LogP contribution in [0, 0.1) is 11.3 Å². The number of esters is 1. The Bertz CT molecular complexity index is 1090. The van der Waals surface area contributed by atoms with Gasteiger partial charge in [-0.15, -0.1) is 0 Å². The number of carbonyl (C=O) groups excluding carboxylic acids is 1. The van der Waals surface area contributed by atoms with E-state index in [1.165, 1.54) is 0 Å². The quantitative estimate of drug-likeness (QED) is 0.661. The number of aromatic hydroxyl groups is 1. The second kappa shape index (κ2) is 6.78. The molecule has 0 saturated heterocycles. The molecule has 2 rings (SSSR count). The van der Waals surface area contributed by atoms with Crippen molar-refractivity contribution in [2.45, 2.75) is 10.4 Å². The smallest absolute Gasteiger partial charge is 0.501 e. The van der Waals surface area contributed by atoms with Crippen LogP contribution in [0.25, 0.3) is 5.69 Å². The van der Waals surface area contributed by atoms with E-state index < -0.39 is 47.8 Å². The fraction of sp³-hybridized carbons (Fsp3) is 0.143. The number of aromatic nitrogens is 1. The zero-order chi connectivity index (χ0) is 20.7. The number of sulfone groups is 1. The summed E-state index contributed by atoms with van der Waals surface area (Å²) in [6.45, 7) is 0. The molecule has 0 aliphatic rings. The van der Waals surface area contributed by atoms with Gasteiger partial charge in [-0.25, -0.2) is 13.2 Å². The first-order valence-corrected chi connectivity index (χ1v) is 8.97. The molecule has 1 aromatic heterocycles. The zero-order valence-corrected chi connectivity index (χ0v) is 15.6. The number of nitrogens with zero attached hydrogens (tertiary/aromatic N) is 2. The molecule has 8 nitrogen and oxygen atoms in total. The van der Waals surface area contributed by atoms with Crippen LogP contribution in [0.4, 0.5) is 18.9 Å². The summed E-state index contributed by atoms with van der Waals surface area (Å²) in [5.74, 6) is -1.76. The molecule has 13 heteroatoms. The molecule has 0 aliphatic heterocycles. The Morgan fingerprint density at radius 2 is 2.00 bits per heavy atom. The molecular weight excluding hydrogens is 459 g/mol. The molecule has 1 heterocycles. The summed E-state index contributed by atoms with van der Waals surface area (Å²) in [4.78, 5) is 10.8. The molecule has 0 radical (unpaired) electrons. The minimum absolute atomic E-state index is 0.241. The standard InChI is InChI=1S/C14H9BrF3N3O5S/c1-26-13(23)11-10(20)6(4-19)5-21(11)9-3-7(2-8(15)12(9)22)27(24,25)14(16,17)18/h2-3,5,22H,20H2,1H3. The van der Waals surface area contributed by atoms with Crippen LogP contribution in [0.1, 0.15) is 16.1 Å². The summed E-state index contributed by atoms with van der Waals surface area (Å²) in [6.07, 6.45) is 0.951. The van der Waals surface area contributed by atoms with Crippen molar-refractivity contribution in [3.63, 3.8) is 0 Å². The number of methoxy groups -OCH3 is 1. The highest BCUT2D eigenvalue weighted by Crippen LogP contribution is 2.39. The Labute approximate surface area is 158 Å². The SMILES string of the molecule is COC(=O)c1c(N)c(C#N)cn1-c1cc(S(=O)(=O)C(F)(F)F)cc(Br)c1O. The summed E-state index contributed by atoms with van der Waals surface area (Å²) in [5, 5.41) is 19.2. The number of hydrogen-bond acceptors (Lipinski definition) is 7. The number of phenolic OH excluding ortho intramolecular Hbond substituents is 1. The molecule has 27 heavy (non-hydrogen) atoms. The van der Waals surface area contributed by atoms with Crippen molar-refractivity contribution in [2.24, 2.45) is 0 Å². The molecular formula is C14H9BrF3N3O5S. The molecule has 2 aromatic rings. The van der Waals surface area contributed by atoms with Crippen LogP contribution in [0.5, 0.6) is 5.75 Å². The Kier molecular flexibility index (Phi) is 5.17. The van der Waals surface area contributed by atoms with Crippen molar-refractivity contribution < 1.29 is 36.2 Å². The van der Waals surface area contributed by atoms with E-state index in [1.54, 1.807) is 6.07 Å². The number of halogens is 4. The van der Waals surface area contributed by atoms with Crippen LogP contribution in [0.2, 0.25) is 0 Å². The van der Waals surface area contributed by atoms with Gasteiger partial charge in [0.05, 0.1) is 33.4 Å². The lowest BCUT2D eigenvalue weighted by molar-refractivity contribution is -0.0436. The second-order valence-electron chi connectivity index (χ2n) is 5.00. The Morgan fingerprint density at radius 1 is 1.41 bits per heavy atom. The monoisotopic (exact) mass is 467 g/mol. The molecule has 3 N–H and O–H groups in total. The minimum Gasteiger partial charge on any atom is -0.505 e. The van der Waals surface area contributed by atoms with Gasteiger partial charge < -0.3 is 20.1 Å². The van der Waals surface area contributed by atoms with Gasteiger partial charge in [0.2, 0.25) is 0 Å². The Hall–Kier alpha value is -2.72. The van der Waals surface area contributed by atoms with Crippen LogP contribution in [-0.4, -0.2) is 36.7 Å². The van der Waals surface area contributed by atoms with Gasteiger partial charge in [-0.3, -0.25) is 0 Å². The fourth-order valence-electron chi connectivity index (χ4n) is 2.14. The topological polar surface area (TPSA) is 135 Å². The maximum absolute atomic E-state index is 12.9. The van der Waals surface area contributed by atoms with Gasteiger partial charge in [0, 0.05) is 6.20 Å². The molecule has 0 unspecified atom stereocenters. The first-order valence-electron chi connectivity index (χ1n) is 6.70. The van der Waals surface area contributed by atoms with Crippen LogP contribution in [-0.2, 0) is 14.6 Å². The lowest BCUT2D eigenvalue weighted by Gasteiger charge is -2.14. The van der Waals surface area contributed by atoms with Gasteiger partial charge in [-0.1, -0.05) is 0 Å². The number of nitrogen functional groups attached to an aromatic ring is 1. The molecule has 144 valence electrons. The molecule has 1 aromatic carbocycles. The van der Waals surface area contributed by atoms with Gasteiger partial charge in [-0.05, 0) is 28.1 Å². The number of anilines is 1. The van der Waals surface area contributed by atoms with Gasteiger partial charge in [-0.2, -0.15) is 18.4 Å². The summed E-state index contributed by atoms with van der Waals surface area (Å²) in [7, 11) is -4.77. The molecule has 0 fully saturated rings. The van der Waals surface area contributed by atoms with E-state index in [0.717, 1.165) is 17.9 Å². The van der Waals surface area contributed by atoms with Gasteiger partial charge >= 0.3 is 11.5 Å². The van der Waals surface area contributed by atoms with E-state index in [0.29, 0.717) is 12.1 Å². The molecule has 0 bridgehead atoms. The van der Waals surface area contributed by atoms with Crippen molar-refractivity contribution in [3.05, 3.63) is 34.1 Å². The lowest BCUT2D eigenvalue weighted by Crippen LogP contribution is -2.23. The van der Waals surface area contributed by atoms with E-state index in [-0.39, 0.29) is 11.3 Å². The summed E-state index contributed by atoms with van der Waals surface area (Å²) in [5.41, 5.74) is -1.54. The van der Waals surface area contributed by atoms with Crippen molar-refractivity contribution in [1.29, 1.82) is 5.26 Å². The summed E-state index contributed by atoms with van der Waals surface area (Å²) >= 11 is 2.77. The number of carbonyl (C=O) groups is 1. The maximum Gasteiger partial charge on any atom is 0.501 e. The van der Waals surface area contributed by atoms with E-state index in [9.17, 15) is 31.5 Å². The van der Waals surface area contributed by atoms with Crippen molar-refractivity contribution in [2.75, 3.05) is 12.8 Å². The molecule has 0 atom stereocenters. The first kappa shape index (κ1) is 20.6. The average molecular weight is 468 g/mol. The predicted molar refractivity (Wildman–Crippen MR) is 88.8 cm³/mol. The zero-order valence-electron chi connectivity index (χ0n) is 13.2. The normalized spacial score (nSPS) is 11.9. The number of hydrogen-bond donors (Lipinski definition) is 2. The molecule has 0 saturated carbocycles. The minimum atomic E-state index is -5.76. The van der Waals surface area contributed by atoms with E-state index in [1.807, 2.05) is 0 Å². The van der Waals surface area contributed by atoms with E-state index in [4.69, 9.17) is 11.0 Å². The third-order valence-corrected chi connectivity index (χ3v) is 5.51. The average Bonchev–Trinajstić information content (AvgIpc) is 2.91. The van der Waals surface area contributed by atoms with Crippen LogP contribution >= 0.6 is 15.9 Å². The number of nitrogens with two attached hydrogens (primary N) is 1. The van der Waals surface area contributed by atoms with Gasteiger partial charge in [0.15, 0.2) is 11.4 Å². The summed E-state index contributed by atoms with van der Waals surface area (Å²) in [6, 6.07) is 2.71. The van der Waals surface area contributed by atoms with Crippen molar-refractivity contribution in [1.82, 2.24) is 4.57 Å².